The van der Waals surface area contributed by atoms with Crippen molar-refractivity contribution in [2.24, 2.45) is 0 Å². The zero-order valence-electron chi connectivity index (χ0n) is 10.9. The highest BCUT2D eigenvalue weighted by Crippen LogP contribution is 2.03. The van der Waals surface area contributed by atoms with E-state index in [2.05, 4.69) is 15.4 Å². The van der Waals surface area contributed by atoms with Gasteiger partial charge in [0.2, 0.25) is 5.91 Å². The summed E-state index contributed by atoms with van der Waals surface area (Å²) in [6, 6.07) is 7.03. The van der Waals surface area contributed by atoms with Crippen LogP contribution >= 0.6 is 0 Å². The van der Waals surface area contributed by atoms with Crippen LogP contribution in [0, 0.1) is 6.92 Å². The predicted molar refractivity (Wildman–Crippen MR) is 68.5 cm³/mol. The van der Waals surface area contributed by atoms with Crippen LogP contribution in [0.4, 0.5) is 0 Å². The maximum absolute atomic E-state index is 11.7. The van der Waals surface area contributed by atoms with Crippen LogP contribution in [0.15, 0.2) is 24.3 Å². The minimum Gasteiger partial charge on any atom is -0.468 e. The van der Waals surface area contributed by atoms with E-state index in [1.807, 2.05) is 13.0 Å². The molecule has 0 fully saturated rings. The van der Waals surface area contributed by atoms with Crippen molar-refractivity contribution >= 4 is 17.8 Å². The molecule has 0 aliphatic rings. The first-order valence-corrected chi connectivity index (χ1v) is 5.71. The molecule has 0 atom stereocenters. The van der Waals surface area contributed by atoms with Gasteiger partial charge in [-0.3, -0.25) is 14.4 Å². The molecule has 0 radical (unpaired) electrons. The quantitative estimate of drug-likeness (QED) is 0.734. The van der Waals surface area contributed by atoms with Crippen LogP contribution in [0.3, 0.4) is 0 Å². The zero-order valence-corrected chi connectivity index (χ0v) is 10.9. The summed E-state index contributed by atoms with van der Waals surface area (Å²) in [4.78, 5) is 33.8. The molecule has 2 N–H and O–H groups in total. The summed E-state index contributed by atoms with van der Waals surface area (Å²) in [6.45, 7) is 1.47. The van der Waals surface area contributed by atoms with E-state index >= 15 is 0 Å². The largest absolute Gasteiger partial charge is 0.468 e. The molecular formula is C13H16N2O4. The average Bonchev–Trinajstić information content (AvgIpc) is 2.41. The van der Waals surface area contributed by atoms with Crippen molar-refractivity contribution in [2.75, 3.05) is 20.2 Å². The number of hydrogen-bond acceptors (Lipinski definition) is 4. The lowest BCUT2D eigenvalue weighted by Crippen LogP contribution is -2.39. The molecule has 0 bridgehead atoms. The van der Waals surface area contributed by atoms with Crippen LogP contribution in [0.5, 0.6) is 0 Å². The zero-order chi connectivity index (χ0) is 14.3. The second-order valence-corrected chi connectivity index (χ2v) is 3.91. The Bertz CT molecular complexity index is 485. The van der Waals surface area contributed by atoms with E-state index in [-0.39, 0.29) is 19.0 Å². The number of rotatable bonds is 5. The number of nitrogens with one attached hydrogen (secondary N) is 2. The van der Waals surface area contributed by atoms with Crippen molar-refractivity contribution in [1.82, 2.24) is 10.6 Å². The average molecular weight is 264 g/mol. The first kappa shape index (κ1) is 14.7. The fourth-order valence-electron chi connectivity index (χ4n) is 1.35. The molecule has 1 rings (SSSR count). The molecule has 2 amide bonds. The number of aryl methyl sites for hydroxylation is 1. The van der Waals surface area contributed by atoms with Gasteiger partial charge in [-0.25, -0.2) is 0 Å². The summed E-state index contributed by atoms with van der Waals surface area (Å²) in [7, 11) is 1.23. The number of amides is 2. The summed E-state index contributed by atoms with van der Waals surface area (Å²) in [5.74, 6) is -1.33. The topological polar surface area (TPSA) is 84.5 Å². The second kappa shape index (κ2) is 7.15. The fraction of sp³-hybridized carbons (Fsp3) is 0.308. The number of hydrogen-bond donors (Lipinski definition) is 2. The predicted octanol–water partition coefficient (Wildman–Crippen LogP) is 0.0140. The van der Waals surface area contributed by atoms with Crippen molar-refractivity contribution in [3.05, 3.63) is 35.4 Å². The minimum atomic E-state index is -0.543. The maximum atomic E-state index is 11.7. The Kier molecular flexibility index (Phi) is 5.53. The highest BCUT2D eigenvalue weighted by molar-refractivity contribution is 5.96. The lowest BCUT2D eigenvalue weighted by molar-refractivity contribution is -0.141. The molecule has 0 aromatic heterocycles. The molecule has 6 nitrogen and oxygen atoms in total. The number of benzene rings is 1. The van der Waals surface area contributed by atoms with E-state index in [0.29, 0.717) is 5.56 Å². The Morgan fingerprint density at radius 3 is 2.53 bits per heavy atom. The molecule has 1 aromatic carbocycles. The highest BCUT2D eigenvalue weighted by atomic mass is 16.5. The molecule has 0 heterocycles. The Morgan fingerprint density at radius 2 is 1.89 bits per heavy atom. The minimum absolute atomic E-state index is 0.191. The Morgan fingerprint density at radius 1 is 1.16 bits per heavy atom. The summed E-state index contributed by atoms with van der Waals surface area (Å²) in [5, 5.41) is 4.79. The molecule has 102 valence electrons. The Hall–Kier alpha value is -2.37. The van der Waals surface area contributed by atoms with Gasteiger partial charge in [-0.2, -0.15) is 0 Å². The monoisotopic (exact) mass is 264 g/mol. The van der Waals surface area contributed by atoms with E-state index in [1.54, 1.807) is 18.2 Å². The van der Waals surface area contributed by atoms with Crippen LogP contribution in [0.1, 0.15) is 15.9 Å². The first-order chi connectivity index (χ1) is 9.02. The van der Waals surface area contributed by atoms with Crippen molar-refractivity contribution in [3.63, 3.8) is 0 Å². The maximum Gasteiger partial charge on any atom is 0.325 e. The smallest absolute Gasteiger partial charge is 0.325 e. The molecule has 1 aromatic rings. The summed E-state index contributed by atoms with van der Waals surface area (Å²) in [6.07, 6.45) is 0. The van der Waals surface area contributed by atoms with Gasteiger partial charge in [-0.05, 0) is 19.1 Å². The van der Waals surface area contributed by atoms with Gasteiger partial charge in [0.15, 0.2) is 0 Å². The molecular weight excluding hydrogens is 248 g/mol. The lowest BCUT2D eigenvalue weighted by Gasteiger charge is -2.06. The summed E-state index contributed by atoms with van der Waals surface area (Å²) in [5.41, 5.74) is 1.45. The van der Waals surface area contributed by atoms with Crippen LogP contribution < -0.4 is 10.6 Å². The Labute approximate surface area is 111 Å². The molecule has 19 heavy (non-hydrogen) atoms. The second-order valence-electron chi connectivity index (χ2n) is 3.91. The first-order valence-electron chi connectivity index (χ1n) is 5.71. The number of methoxy groups -OCH3 is 1. The van der Waals surface area contributed by atoms with E-state index < -0.39 is 11.9 Å². The van der Waals surface area contributed by atoms with Gasteiger partial charge in [-0.15, -0.1) is 0 Å². The van der Waals surface area contributed by atoms with Crippen LogP contribution in [0.2, 0.25) is 0 Å². The normalized spacial score (nSPS) is 9.58. The van der Waals surface area contributed by atoms with Gasteiger partial charge in [0.1, 0.15) is 6.54 Å². The number of carbonyl (C=O) groups excluding carboxylic acids is 3. The van der Waals surface area contributed by atoms with Gasteiger partial charge in [0.05, 0.1) is 13.7 Å². The van der Waals surface area contributed by atoms with E-state index in [4.69, 9.17) is 0 Å². The number of ether oxygens (including phenoxy) is 1. The molecule has 6 heteroatoms. The molecule has 0 unspecified atom stereocenters. The number of carbonyl (C=O) groups is 3. The number of esters is 1. The molecule has 0 saturated heterocycles. The lowest BCUT2D eigenvalue weighted by atomic mass is 10.1. The van der Waals surface area contributed by atoms with Crippen molar-refractivity contribution in [1.29, 1.82) is 0 Å². The molecule has 0 aliphatic heterocycles. The van der Waals surface area contributed by atoms with Gasteiger partial charge in [0, 0.05) is 5.56 Å². The van der Waals surface area contributed by atoms with Gasteiger partial charge < -0.3 is 15.4 Å². The third-order valence-electron chi connectivity index (χ3n) is 2.35. The third kappa shape index (κ3) is 5.20. The van der Waals surface area contributed by atoms with Crippen molar-refractivity contribution < 1.29 is 19.1 Å². The molecule has 0 aliphatic carbocycles. The van der Waals surface area contributed by atoms with Gasteiger partial charge in [0.25, 0.3) is 5.91 Å². The molecule has 0 spiro atoms. The standard InChI is InChI=1S/C13H16N2O4/c1-9-4-3-5-10(6-9)13(18)15-7-11(16)14-8-12(17)19-2/h3-6H,7-8H2,1-2H3,(H,14,16)(H,15,18). The highest BCUT2D eigenvalue weighted by Gasteiger charge is 2.09. The summed E-state index contributed by atoms with van der Waals surface area (Å²) < 4.78 is 4.37. The van der Waals surface area contributed by atoms with E-state index in [0.717, 1.165) is 5.56 Å². The SMILES string of the molecule is COC(=O)CNC(=O)CNC(=O)c1cccc(C)c1. The molecule has 0 saturated carbocycles. The van der Waals surface area contributed by atoms with E-state index in [9.17, 15) is 14.4 Å². The fourth-order valence-corrected chi connectivity index (χ4v) is 1.35. The van der Waals surface area contributed by atoms with Crippen molar-refractivity contribution in [3.8, 4) is 0 Å². The Balaban J connectivity index is 2.38. The van der Waals surface area contributed by atoms with Crippen molar-refractivity contribution in [2.45, 2.75) is 6.92 Å². The van der Waals surface area contributed by atoms with Gasteiger partial charge in [-0.1, -0.05) is 17.7 Å². The van der Waals surface area contributed by atoms with Crippen LogP contribution in [0.25, 0.3) is 0 Å². The van der Waals surface area contributed by atoms with Crippen LogP contribution in [-0.2, 0) is 14.3 Å². The van der Waals surface area contributed by atoms with Crippen LogP contribution in [-0.4, -0.2) is 38.0 Å². The summed E-state index contributed by atoms with van der Waals surface area (Å²) >= 11 is 0. The van der Waals surface area contributed by atoms with Gasteiger partial charge >= 0.3 is 5.97 Å². The van der Waals surface area contributed by atoms with E-state index in [1.165, 1.54) is 7.11 Å². The third-order valence-corrected chi connectivity index (χ3v) is 2.35.